The Labute approximate surface area is 276 Å². The summed E-state index contributed by atoms with van der Waals surface area (Å²) >= 11 is 5.09. The molecule has 0 N–H and O–H groups in total. The lowest BCUT2D eigenvalue weighted by molar-refractivity contribution is 0.0490. The second kappa shape index (κ2) is 16.1. The highest BCUT2D eigenvalue weighted by Crippen LogP contribution is 2.39. The Morgan fingerprint density at radius 2 is 0.889 bits per heavy atom. The summed E-state index contributed by atoms with van der Waals surface area (Å²) in [4.78, 5) is 30.9. The number of unbranched alkanes of at least 4 members (excludes halogenated alkanes) is 2. The molecule has 226 valence electrons. The number of carbonyl (C=O) groups excluding carboxylic acids is 2. The van der Waals surface area contributed by atoms with E-state index in [0.29, 0.717) is 24.3 Å². The van der Waals surface area contributed by atoms with Gasteiger partial charge in [0.25, 0.3) is 0 Å². The van der Waals surface area contributed by atoms with E-state index in [1.165, 1.54) is 19.5 Å². The minimum absolute atomic E-state index is 0.294. The third-order valence-corrected chi connectivity index (χ3v) is 10.1. The average molecular weight is 649 g/mol. The molecule has 0 saturated carbocycles. The molecule has 0 atom stereocenters. The van der Waals surface area contributed by atoms with Crippen molar-refractivity contribution in [1.29, 1.82) is 0 Å². The van der Waals surface area contributed by atoms with Crippen molar-refractivity contribution in [2.45, 2.75) is 39.5 Å². The first kappa shape index (κ1) is 32.0. The van der Waals surface area contributed by atoms with Crippen LogP contribution in [0.4, 0.5) is 0 Å². The SMILES string of the molecule is CCCCOC(=O)c1ccc(C#Cc2ccc(-c3ccc(-c4ccc(C#Cc5ccc(C(=O)OCCCC)cc5)s4)s3)s2)cc1. The van der Waals surface area contributed by atoms with Crippen molar-refractivity contribution in [3.8, 4) is 43.2 Å². The summed E-state index contributed by atoms with van der Waals surface area (Å²) < 4.78 is 10.5. The van der Waals surface area contributed by atoms with Crippen molar-refractivity contribution in [2.24, 2.45) is 0 Å². The van der Waals surface area contributed by atoms with Crippen molar-refractivity contribution in [2.75, 3.05) is 13.2 Å². The summed E-state index contributed by atoms with van der Waals surface area (Å²) in [5, 5.41) is 0. The molecule has 3 aromatic heterocycles. The van der Waals surface area contributed by atoms with Gasteiger partial charge in [0.05, 0.1) is 34.1 Å². The smallest absolute Gasteiger partial charge is 0.338 e. The maximum Gasteiger partial charge on any atom is 0.338 e. The van der Waals surface area contributed by atoms with Gasteiger partial charge in [0, 0.05) is 30.6 Å². The maximum atomic E-state index is 12.1. The normalized spacial score (nSPS) is 10.4. The average Bonchev–Trinajstić information content (AvgIpc) is 3.85. The molecule has 7 heteroatoms. The van der Waals surface area contributed by atoms with Crippen molar-refractivity contribution in [1.82, 2.24) is 0 Å². The molecule has 0 saturated heterocycles. The third kappa shape index (κ3) is 9.06. The van der Waals surface area contributed by atoms with Crippen LogP contribution in [-0.2, 0) is 9.47 Å². The molecule has 0 bridgehead atoms. The number of thiophene rings is 3. The minimum Gasteiger partial charge on any atom is -0.462 e. The monoisotopic (exact) mass is 648 g/mol. The van der Waals surface area contributed by atoms with Crippen LogP contribution >= 0.6 is 34.0 Å². The van der Waals surface area contributed by atoms with Crippen LogP contribution in [0.2, 0.25) is 0 Å². The summed E-state index contributed by atoms with van der Waals surface area (Å²) in [7, 11) is 0. The van der Waals surface area contributed by atoms with E-state index in [0.717, 1.165) is 46.6 Å². The highest BCUT2D eigenvalue weighted by Gasteiger charge is 2.10. The van der Waals surface area contributed by atoms with Crippen LogP contribution < -0.4 is 0 Å². The Morgan fingerprint density at radius 3 is 1.29 bits per heavy atom. The van der Waals surface area contributed by atoms with Crippen LogP contribution in [0, 0.1) is 23.7 Å². The van der Waals surface area contributed by atoms with Crippen molar-refractivity contribution >= 4 is 45.9 Å². The molecule has 0 aliphatic rings. The van der Waals surface area contributed by atoms with E-state index < -0.39 is 0 Å². The molecule has 0 radical (unpaired) electrons. The van der Waals surface area contributed by atoms with E-state index >= 15 is 0 Å². The van der Waals surface area contributed by atoms with Crippen LogP contribution in [0.25, 0.3) is 19.5 Å². The Hall–Kier alpha value is -4.40. The lowest BCUT2D eigenvalue weighted by atomic mass is 10.1. The predicted octanol–water partition coefficient (Wildman–Crippen LogP) is 9.92. The first-order valence-electron chi connectivity index (χ1n) is 14.9. The summed E-state index contributed by atoms with van der Waals surface area (Å²) in [5.41, 5.74) is 2.79. The van der Waals surface area contributed by atoms with Gasteiger partial charge in [0.15, 0.2) is 0 Å². The fraction of sp³-hybridized carbons (Fsp3) is 0.211. The molecular weight excluding hydrogens is 617 g/mol. The van der Waals surface area contributed by atoms with Crippen molar-refractivity contribution in [3.05, 3.63) is 117 Å². The highest BCUT2D eigenvalue weighted by atomic mass is 32.1. The molecule has 45 heavy (non-hydrogen) atoms. The molecule has 0 fully saturated rings. The number of hydrogen-bond donors (Lipinski definition) is 0. The van der Waals surface area contributed by atoms with Crippen LogP contribution in [0.5, 0.6) is 0 Å². The molecule has 5 aromatic rings. The standard InChI is InChI=1S/C38H32O4S3/c1-3-5-25-41-37(39)29-13-7-27(8-14-29)11-17-31-19-21-33(43-31)35-23-24-36(45-35)34-22-20-32(44-34)18-12-28-9-15-30(16-10-28)38(40)42-26-6-4-2/h7-10,13-16,19-24H,3-6,25-26H2,1-2H3. The quantitative estimate of drug-likeness (QED) is 0.0859. The molecule has 0 aliphatic heterocycles. The topological polar surface area (TPSA) is 52.6 Å². The Bertz CT molecular complexity index is 1730. The van der Waals surface area contributed by atoms with Gasteiger partial charge in [-0.3, -0.25) is 0 Å². The zero-order chi connectivity index (χ0) is 31.4. The molecule has 0 aliphatic carbocycles. The number of rotatable bonds is 10. The number of carbonyl (C=O) groups is 2. The molecule has 3 heterocycles. The molecule has 2 aromatic carbocycles. The Morgan fingerprint density at radius 1 is 0.511 bits per heavy atom. The maximum absolute atomic E-state index is 12.1. The van der Waals surface area contributed by atoms with Crippen LogP contribution in [0.15, 0.2) is 84.9 Å². The van der Waals surface area contributed by atoms with E-state index in [-0.39, 0.29) is 11.9 Å². The van der Waals surface area contributed by atoms with E-state index in [2.05, 4.69) is 61.8 Å². The van der Waals surface area contributed by atoms with Gasteiger partial charge in [-0.2, -0.15) is 0 Å². The lowest BCUT2D eigenvalue weighted by Gasteiger charge is -2.03. The fourth-order valence-corrected chi connectivity index (χ4v) is 7.02. The fourth-order valence-electron chi connectivity index (χ4n) is 4.11. The number of esters is 2. The minimum atomic E-state index is -0.294. The van der Waals surface area contributed by atoms with Crippen LogP contribution in [0.3, 0.4) is 0 Å². The number of ether oxygens (including phenoxy) is 2. The lowest BCUT2D eigenvalue weighted by Crippen LogP contribution is -2.06. The second-order valence-electron chi connectivity index (χ2n) is 10.1. The summed E-state index contributed by atoms with van der Waals surface area (Å²) in [6.07, 6.45) is 3.72. The largest absolute Gasteiger partial charge is 0.462 e. The van der Waals surface area contributed by atoms with Gasteiger partial charge in [0.2, 0.25) is 0 Å². The highest BCUT2D eigenvalue weighted by molar-refractivity contribution is 7.26. The third-order valence-electron chi connectivity index (χ3n) is 6.67. The van der Waals surface area contributed by atoms with Gasteiger partial charge < -0.3 is 9.47 Å². The van der Waals surface area contributed by atoms with E-state index in [1.807, 2.05) is 36.4 Å². The number of benzene rings is 2. The molecule has 0 unspecified atom stereocenters. The van der Waals surface area contributed by atoms with E-state index in [4.69, 9.17) is 9.47 Å². The first-order chi connectivity index (χ1) is 22.0. The van der Waals surface area contributed by atoms with Gasteiger partial charge >= 0.3 is 11.9 Å². The van der Waals surface area contributed by atoms with E-state index in [1.54, 1.807) is 58.3 Å². The molecular formula is C38H32O4S3. The second-order valence-corrected chi connectivity index (χ2v) is 13.4. The Balaban J connectivity index is 1.18. The van der Waals surface area contributed by atoms with Crippen molar-refractivity contribution in [3.63, 3.8) is 0 Å². The Kier molecular flexibility index (Phi) is 11.4. The predicted molar refractivity (Wildman–Crippen MR) is 186 cm³/mol. The van der Waals surface area contributed by atoms with Gasteiger partial charge in [-0.05, 0) is 97.8 Å². The molecule has 0 spiro atoms. The summed E-state index contributed by atoms with van der Waals surface area (Å²) in [6.45, 7) is 5.02. The zero-order valence-electron chi connectivity index (χ0n) is 25.2. The summed E-state index contributed by atoms with van der Waals surface area (Å²) in [6, 6.07) is 27.1. The van der Waals surface area contributed by atoms with Crippen molar-refractivity contribution < 1.29 is 19.1 Å². The van der Waals surface area contributed by atoms with Gasteiger partial charge in [0.1, 0.15) is 0 Å². The molecule has 0 amide bonds. The van der Waals surface area contributed by atoms with Crippen LogP contribution in [-0.4, -0.2) is 25.2 Å². The van der Waals surface area contributed by atoms with Gasteiger partial charge in [-0.25, -0.2) is 9.59 Å². The summed E-state index contributed by atoms with van der Waals surface area (Å²) in [5.74, 6) is 12.3. The van der Waals surface area contributed by atoms with Gasteiger partial charge in [-0.1, -0.05) is 50.4 Å². The van der Waals surface area contributed by atoms with Gasteiger partial charge in [-0.15, -0.1) is 34.0 Å². The zero-order valence-corrected chi connectivity index (χ0v) is 27.6. The van der Waals surface area contributed by atoms with E-state index in [9.17, 15) is 9.59 Å². The number of hydrogen-bond acceptors (Lipinski definition) is 7. The molecule has 4 nitrogen and oxygen atoms in total. The molecule has 5 rings (SSSR count). The van der Waals surface area contributed by atoms with Crippen LogP contribution in [0.1, 0.15) is 81.1 Å². The first-order valence-corrected chi connectivity index (χ1v) is 17.4.